The van der Waals surface area contributed by atoms with E-state index in [0.29, 0.717) is 5.91 Å². The third-order valence-electron chi connectivity index (χ3n) is 7.14. The van der Waals surface area contributed by atoms with E-state index in [2.05, 4.69) is 37.5 Å². The zero-order valence-corrected chi connectivity index (χ0v) is 16.1. The Morgan fingerprint density at radius 3 is 2.81 bits per heavy atom. The largest absolute Gasteiger partial charge is 0.342 e. The lowest BCUT2D eigenvalue weighted by atomic mass is 9.77. The molecule has 2 saturated heterocycles. The van der Waals surface area contributed by atoms with Crippen molar-refractivity contribution in [1.82, 2.24) is 19.4 Å². The van der Waals surface area contributed by atoms with Gasteiger partial charge in [-0.15, -0.1) is 0 Å². The SMILES string of the molecule is O=C1N(CC2CCC2)CCCC12CCN(CCn1cnc3ccccc31)C2. The van der Waals surface area contributed by atoms with Crippen molar-refractivity contribution in [1.29, 1.82) is 0 Å². The van der Waals surface area contributed by atoms with Gasteiger partial charge < -0.3 is 14.4 Å². The Kier molecular flexibility index (Phi) is 4.43. The summed E-state index contributed by atoms with van der Waals surface area (Å²) in [6.07, 6.45) is 9.24. The van der Waals surface area contributed by atoms with Crippen molar-refractivity contribution in [3.05, 3.63) is 30.6 Å². The van der Waals surface area contributed by atoms with E-state index in [-0.39, 0.29) is 5.41 Å². The van der Waals surface area contributed by atoms with Gasteiger partial charge in [0.1, 0.15) is 0 Å². The lowest BCUT2D eigenvalue weighted by Crippen LogP contribution is -2.51. The molecule has 1 amide bonds. The normalized spacial score (nSPS) is 27.0. The number of carbonyl (C=O) groups excluding carboxylic acids is 1. The third kappa shape index (κ3) is 3.16. The summed E-state index contributed by atoms with van der Waals surface area (Å²) in [4.78, 5) is 22.5. The maximum Gasteiger partial charge on any atom is 0.230 e. The number of carbonyl (C=O) groups is 1. The Bertz CT molecular complexity index is 827. The van der Waals surface area contributed by atoms with Gasteiger partial charge in [0.05, 0.1) is 22.8 Å². The number of amides is 1. The van der Waals surface area contributed by atoms with E-state index in [1.165, 1.54) is 31.2 Å². The van der Waals surface area contributed by atoms with Gasteiger partial charge in [-0.2, -0.15) is 0 Å². The van der Waals surface area contributed by atoms with E-state index in [1.54, 1.807) is 0 Å². The fourth-order valence-corrected chi connectivity index (χ4v) is 5.28. The summed E-state index contributed by atoms with van der Waals surface area (Å²) in [5.41, 5.74) is 2.16. The van der Waals surface area contributed by atoms with Gasteiger partial charge in [-0.1, -0.05) is 18.6 Å². The summed E-state index contributed by atoms with van der Waals surface area (Å²) in [7, 11) is 0. The first-order valence-electron chi connectivity index (χ1n) is 10.7. The smallest absolute Gasteiger partial charge is 0.230 e. The zero-order valence-electron chi connectivity index (χ0n) is 16.1. The number of nitrogens with zero attached hydrogens (tertiary/aromatic N) is 4. The van der Waals surface area contributed by atoms with Crippen molar-refractivity contribution in [2.24, 2.45) is 11.3 Å². The second-order valence-corrected chi connectivity index (χ2v) is 8.88. The van der Waals surface area contributed by atoms with E-state index >= 15 is 0 Å². The highest BCUT2D eigenvalue weighted by molar-refractivity contribution is 5.84. The topological polar surface area (TPSA) is 41.4 Å². The van der Waals surface area contributed by atoms with Gasteiger partial charge in [0.15, 0.2) is 0 Å². The van der Waals surface area contributed by atoms with Gasteiger partial charge in [0.2, 0.25) is 5.91 Å². The van der Waals surface area contributed by atoms with Crippen LogP contribution in [0, 0.1) is 11.3 Å². The molecular formula is C22H30N4O. The van der Waals surface area contributed by atoms with Crippen molar-refractivity contribution in [2.75, 3.05) is 32.7 Å². The average molecular weight is 367 g/mol. The van der Waals surface area contributed by atoms with Gasteiger partial charge in [-0.25, -0.2) is 4.98 Å². The molecule has 3 aliphatic rings. The highest BCUT2D eigenvalue weighted by atomic mass is 16.2. The number of rotatable bonds is 5. The molecule has 27 heavy (non-hydrogen) atoms. The lowest BCUT2D eigenvalue weighted by Gasteiger charge is -2.42. The minimum absolute atomic E-state index is 0.0982. The van der Waals surface area contributed by atoms with Crippen molar-refractivity contribution in [3.8, 4) is 0 Å². The number of aromatic nitrogens is 2. The highest BCUT2D eigenvalue weighted by Gasteiger charge is 2.48. The van der Waals surface area contributed by atoms with Crippen molar-refractivity contribution < 1.29 is 4.79 Å². The molecule has 1 spiro atoms. The number of likely N-dealkylation sites (tertiary alicyclic amines) is 2. The molecule has 1 unspecified atom stereocenters. The van der Waals surface area contributed by atoms with Crippen LogP contribution in [0.3, 0.4) is 0 Å². The predicted molar refractivity (Wildman–Crippen MR) is 106 cm³/mol. The summed E-state index contributed by atoms with van der Waals surface area (Å²) in [5.74, 6) is 1.23. The Hall–Kier alpha value is -1.88. The fourth-order valence-electron chi connectivity index (χ4n) is 5.28. The molecule has 1 aromatic heterocycles. The zero-order chi connectivity index (χ0) is 18.3. The van der Waals surface area contributed by atoms with Crippen LogP contribution in [0.25, 0.3) is 11.0 Å². The van der Waals surface area contributed by atoms with Gasteiger partial charge in [0.25, 0.3) is 0 Å². The van der Waals surface area contributed by atoms with Crippen LogP contribution in [0.2, 0.25) is 0 Å². The van der Waals surface area contributed by atoms with Gasteiger partial charge in [0, 0.05) is 32.7 Å². The highest BCUT2D eigenvalue weighted by Crippen LogP contribution is 2.41. The molecule has 2 aromatic rings. The minimum atomic E-state index is -0.0982. The second-order valence-electron chi connectivity index (χ2n) is 8.88. The second kappa shape index (κ2) is 6.93. The van der Waals surface area contributed by atoms with E-state index in [9.17, 15) is 4.79 Å². The molecule has 1 atom stereocenters. The molecule has 5 rings (SSSR count). The first-order chi connectivity index (χ1) is 13.2. The average Bonchev–Trinajstić information content (AvgIpc) is 3.25. The molecular weight excluding hydrogens is 336 g/mol. The Balaban J connectivity index is 1.22. The number of benzene rings is 1. The summed E-state index contributed by atoms with van der Waals surface area (Å²) < 4.78 is 2.24. The molecule has 1 saturated carbocycles. The van der Waals surface area contributed by atoms with Gasteiger partial charge in [-0.05, 0) is 56.7 Å². The first kappa shape index (κ1) is 17.2. The monoisotopic (exact) mass is 366 g/mol. The van der Waals surface area contributed by atoms with E-state index in [1.807, 2.05) is 12.4 Å². The van der Waals surface area contributed by atoms with Crippen LogP contribution in [0.4, 0.5) is 0 Å². The molecule has 1 aliphatic carbocycles. The molecule has 3 heterocycles. The van der Waals surface area contributed by atoms with E-state index < -0.39 is 0 Å². The fraction of sp³-hybridized carbons (Fsp3) is 0.636. The molecule has 0 radical (unpaired) electrons. The number of imidazole rings is 1. The number of hydrogen-bond donors (Lipinski definition) is 0. The quantitative estimate of drug-likeness (QED) is 0.816. The Morgan fingerprint density at radius 2 is 1.96 bits per heavy atom. The number of hydrogen-bond acceptors (Lipinski definition) is 3. The first-order valence-corrected chi connectivity index (χ1v) is 10.7. The third-order valence-corrected chi connectivity index (χ3v) is 7.14. The van der Waals surface area contributed by atoms with Crippen LogP contribution in [0.5, 0.6) is 0 Å². The van der Waals surface area contributed by atoms with Gasteiger partial charge >= 0.3 is 0 Å². The molecule has 1 aromatic carbocycles. The van der Waals surface area contributed by atoms with Gasteiger partial charge in [-0.3, -0.25) is 4.79 Å². The molecule has 144 valence electrons. The summed E-state index contributed by atoms with van der Waals surface area (Å²) in [5, 5.41) is 0. The van der Waals surface area contributed by atoms with E-state index in [4.69, 9.17) is 0 Å². The molecule has 0 N–H and O–H groups in total. The Morgan fingerprint density at radius 1 is 1.07 bits per heavy atom. The molecule has 3 fully saturated rings. The summed E-state index contributed by atoms with van der Waals surface area (Å²) in [6.45, 7) is 5.93. The predicted octanol–water partition coefficient (Wildman–Crippen LogP) is 3.15. The van der Waals surface area contributed by atoms with Crippen LogP contribution >= 0.6 is 0 Å². The minimum Gasteiger partial charge on any atom is -0.342 e. The van der Waals surface area contributed by atoms with Crippen molar-refractivity contribution in [3.63, 3.8) is 0 Å². The van der Waals surface area contributed by atoms with Crippen molar-refractivity contribution >= 4 is 16.9 Å². The summed E-state index contributed by atoms with van der Waals surface area (Å²) in [6, 6.07) is 8.31. The van der Waals surface area contributed by atoms with Crippen LogP contribution in [0.1, 0.15) is 38.5 Å². The molecule has 0 bridgehead atoms. The van der Waals surface area contributed by atoms with E-state index in [0.717, 1.165) is 63.5 Å². The van der Waals surface area contributed by atoms with Crippen molar-refractivity contribution in [2.45, 2.75) is 45.1 Å². The van der Waals surface area contributed by atoms with Crippen LogP contribution in [0.15, 0.2) is 30.6 Å². The maximum absolute atomic E-state index is 13.3. The van der Waals surface area contributed by atoms with Crippen LogP contribution in [-0.2, 0) is 11.3 Å². The number of piperidine rings is 1. The molecule has 5 nitrogen and oxygen atoms in total. The summed E-state index contributed by atoms with van der Waals surface area (Å²) >= 11 is 0. The van der Waals surface area contributed by atoms with Crippen LogP contribution in [-0.4, -0.2) is 58.0 Å². The maximum atomic E-state index is 13.3. The number of fused-ring (bicyclic) bond motifs is 1. The van der Waals surface area contributed by atoms with Crippen LogP contribution < -0.4 is 0 Å². The molecule has 5 heteroatoms. The lowest BCUT2D eigenvalue weighted by molar-refractivity contribution is -0.146. The number of para-hydroxylation sites is 2. The standard InChI is InChI=1S/C22H30N4O/c27-21-22(9-4-11-25(21)15-18-5-3-6-18)10-12-24(16-22)13-14-26-17-23-19-7-1-2-8-20(19)26/h1-2,7-8,17-18H,3-6,9-16H2. The molecule has 2 aliphatic heterocycles. The Labute approximate surface area is 161 Å².